The van der Waals surface area contributed by atoms with Crippen LogP contribution >= 0.6 is 0 Å². The highest BCUT2D eigenvalue weighted by atomic mass is 14.3. The Morgan fingerprint density at radius 1 is 1.00 bits per heavy atom. The van der Waals surface area contributed by atoms with E-state index in [0.29, 0.717) is 5.41 Å². The summed E-state index contributed by atoms with van der Waals surface area (Å²) in [7, 11) is 0. The lowest BCUT2D eigenvalue weighted by Crippen LogP contribution is -2.19. The van der Waals surface area contributed by atoms with Crippen LogP contribution in [0.3, 0.4) is 0 Å². The molecule has 0 saturated heterocycles. The minimum absolute atomic E-state index is 0.485. The molecule has 0 radical (unpaired) electrons. The van der Waals surface area contributed by atoms with Crippen LogP contribution in [0.2, 0.25) is 0 Å². The van der Waals surface area contributed by atoms with Gasteiger partial charge in [0.25, 0.3) is 0 Å². The highest BCUT2D eigenvalue weighted by Crippen LogP contribution is 2.31. The van der Waals surface area contributed by atoms with E-state index >= 15 is 0 Å². The lowest BCUT2D eigenvalue weighted by molar-refractivity contribution is 0.214. The lowest BCUT2D eigenvalue weighted by atomic mass is 9.76. The van der Waals surface area contributed by atoms with E-state index in [1.165, 1.54) is 32.1 Å². The molecule has 0 aromatic rings. The average Bonchev–Trinajstić information content (AvgIpc) is 2.03. The number of unbranched alkanes of at least 4 members (excludes halogenated alkanes) is 2. The van der Waals surface area contributed by atoms with Crippen molar-refractivity contribution in [2.45, 2.75) is 73.6 Å². The van der Waals surface area contributed by atoms with Gasteiger partial charge in [-0.15, -0.1) is 0 Å². The summed E-state index contributed by atoms with van der Waals surface area (Å²) < 4.78 is 0. The number of hydrogen-bond donors (Lipinski definition) is 0. The second-order valence-electron chi connectivity index (χ2n) is 6.10. The van der Waals surface area contributed by atoms with Gasteiger partial charge >= 0.3 is 0 Å². The van der Waals surface area contributed by atoms with Gasteiger partial charge in [0.1, 0.15) is 0 Å². The Morgan fingerprint density at radius 3 is 2.00 bits per heavy atom. The normalized spacial score (nSPS) is 16.7. The van der Waals surface area contributed by atoms with Crippen LogP contribution < -0.4 is 0 Å². The van der Waals surface area contributed by atoms with Gasteiger partial charge in [0.2, 0.25) is 0 Å². The molecule has 0 nitrogen and oxygen atoms in total. The topological polar surface area (TPSA) is 0 Å². The van der Waals surface area contributed by atoms with Crippen molar-refractivity contribution in [1.82, 2.24) is 0 Å². The molecule has 0 N–H and O–H groups in total. The first kappa shape index (κ1) is 14.0. The van der Waals surface area contributed by atoms with E-state index in [0.717, 1.165) is 11.8 Å². The van der Waals surface area contributed by atoms with Crippen LogP contribution in [0.5, 0.6) is 0 Å². The summed E-state index contributed by atoms with van der Waals surface area (Å²) in [5.41, 5.74) is 0.485. The molecule has 2 unspecified atom stereocenters. The van der Waals surface area contributed by atoms with E-state index < -0.39 is 0 Å². The second kappa shape index (κ2) is 6.48. The fourth-order valence-corrected chi connectivity index (χ4v) is 1.82. The summed E-state index contributed by atoms with van der Waals surface area (Å²) in [6, 6.07) is 0. The zero-order chi connectivity index (χ0) is 11.2. The van der Waals surface area contributed by atoms with Crippen molar-refractivity contribution in [3.63, 3.8) is 0 Å². The van der Waals surface area contributed by atoms with Crippen LogP contribution in [-0.4, -0.2) is 0 Å². The Kier molecular flexibility index (Phi) is 6.48. The summed E-state index contributed by atoms with van der Waals surface area (Å²) in [6.07, 6.45) is 7.01. The molecule has 86 valence electrons. The first-order chi connectivity index (χ1) is 6.38. The predicted octanol–water partition coefficient (Wildman–Crippen LogP) is 5.28. The van der Waals surface area contributed by atoms with Crippen LogP contribution in [0, 0.1) is 17.3 Å². The fourth-order valence-electron chi connectivity index (χ4n) is 1.82. The van der Waals surface area contributed by atoms with E-state index in [-0.39, 0.29) is 0 Å². The molecule has 0 bridgehead atoms. The van der Waals surface area contributed by atoms with Gasteiger partial charge in [0.15, 0.2) is 0 Å². The molecule has 0 fully saturated rings. The molecule has 0 spiro atoms. The molecule has 0 aliphatic carbocycles. The van der Waals surface area contributed by atoms with Gasteiger partial charge in [-0.05, 0) is 23.7 Å². The number of hydrogen-bond acceptors (Lipinski definition) is 0. The summed E-state index contributed by atoms with van der Waals surface area (Å²) in [6.45, 7) is 14.2. The maximum Gasteiger partial charge on any atom is -0.0357 e. The SMILES string of the molecule is CCCCCC(C)CC(C)C(C)(C)C. The molecule has 0 rings (SSSR count). The first-order valence-electron chi connectivity index (χ1n) is 6.38. The van der Waals surface area contributed by atoms with Crippen LogP contribution in [-0.2, 0) is 0 Å². The smallest absolute Gasteiger partial charge is 0.0357 e. The summed E-state index contributed by atoms with van der Waals surface area (Å²) in [5, 5.41) is 0. The van der Waals surface area contributed by atoms with Crippen molar-refractivity contribution < 1.29 is 0 Å². The standard InChI is InChI=1S/C14H30/c1-7-8-9-10-12(2)11-13(3)14(4,5)6/h12-13H,7-11H2,1-6H3. The second-order valence-corrected chi connectivity index (χ2v) is 6.10. The van der Waals surface area contributed by atoms with E-state index in [4.69, 9.17) is 0 Å². The van der Waals surface area contributed by atoms with Gasteiger partial charge in [-0.2, -0.15) is 0 Å². The van der Waals surface area contributed by atoms with Crippen molar-refractivity contribution in [2.75, 3.05) is 0 Å². The Bertz CT molecular complexity index is 129. The maximum atomic E-state index is 2.41. The van der Waals surface area contributed by atoms with Crippen molar-refractivity contribution in [3.8, 4) is 0 Å². The van der Waals surface area contributed by atoms with E-state index in [2.05, 4.69) is 41.5 Å². The van der Waals surface area contributed by atoms with Crippen molar-refractivity contribution in [1.29, 1.82) is 0 Å². The van der Waals surface area contributed by atoms with E-state index in [1.54, 1.807) is 0 Å². The highest BCUT2D eigenvalue weighted by Gasteiger charge is 2.21. The largest absolute Gasteiger partial charge is 0.0654 e. The number of rotatable bonds is 6. The lowest BCUT2D eigenvalue weighted by Gasteiger charge is -2.29. The Labute approximate surface area is 91.5 Å². The van der Waals surface area contributed by atoms with Gasteiger partial charge in [-0.3, -0.25) is 0 Å². The van der Waals surface area contributed by atoms with Gasteiger partial charge in [-0.1, -0.05) is 67.2 Å². The molecule has 0 heterocycles. The third-order valence-corrected chi connectivity index (χ3v) is 3.53. The molecule has 0 amide bonds. The monoisotopic (exact) mass is 198 g/mol. The third-order valence-electron chi connectivity index (χ3n) is 3.53. The molecule has 0 aliphatic heterocycles. The van der Waals surface area contributed by atoms with Gasteiger partial charge in [0, 0.05) is 0 Å². The minimum atomic E-state index is 0.485. The van der Waals surface area contributed by atoms with E-state index in [1.807, 2.05) is 0 Å². The predicted molar refractivity (Wildman–Crippen MR) is 66.5 cm³/mol. The molecule has 0 saturated carbocycles. The Balaban J connectivity index is 3.66. The molecular formula is C14H30. The molecule has 0 aromatic heterocycles. The van der Waals surface area contributed by atoms with Gasteiger partial charge in [-0.25, -0.2) is 0 Å². The zero-order valence-corrected chi connectivity index (χ0v) is 11.2. The Morgan fingerprint density at radius 2 is 1.57 bits per heavy atom. The summed E-state index contributed by atoms with van der Waals surface area (Å²) >= 11 is 0. The van der Waals surface area contributed by atoms with Crippen molar-refractivity contribution in [3.05, 3.63) is 0 Å². The van der Waals surface area contributed by atoms with Gasteiger partial charge in [0.05, 0.1) is 0 Å². The highest BCUT2D eigenvalue weighted by molar-refractivity contribution is 4.72. The van der Waals surface area contributed by atoms with Crippen LogP contribution in [0.4, 0.5) is 0 Å². The third kappa shape index (κ3) is 6.45. The molecule has 2 atom stereocenters. The minimum Gasteiger partial charge on any atom is -0.0654 e. The van der Waals surface area contributed by atoms with Crippen molar-refractivity contribution >= 4 is 0 Å². The van der Waals surface area contributed by atoms with Crippen LogP contribution in [0.25, 0.3) is 0 Å². The average molecular weight is 198 g/mol. The quantitative estimate of drug-likeness (QED) is 0.510. The maximum absolute atomic E-state index is 2.41. The summed E-state index contributed by atoms with van der Waals surface area (Å²) in [5.74, 6) is 1.76. The molecule has 0 aromatic carbocycles. The first-order valence-corrected chi connectivity index (χ1v) is 6.38. The molecule has 0 heteroatoms. The summed E-state index contributed by atoms with van der Waals surface area (Å²) in [4.78, 5) is 0. The Hall–Kier alpha value is 0. The van der Waals surface area contributed by atoms with E-state index in [9.17, 15) is 0 Å². The molecular weight excluding hydrogens is 168 g/mol. The zero-order valence-electron chi connectivity index (χ0n) is 11.2. The van der Waals surface area contributed by atoms with Crippen molar-refractivity contribution in [2.24, 2.45) is 17.3 Å². The van der Waals surface area contributed by atoms with Crippen LogP contribution in [0.15, 0.2) is 0 Å². The fraction of sp³-hybridized carbons (Fsp3) is 1.00. The molecule has 0 aliphatic rings. The molecule has 14 heavy (non-hydrogen) atoms. The van der Waals surface area contributed by atoms with Gasteiger partial charge < -0.3 is 0 Å². The van der Waals surface area contributed by atoms with Crippen LogP contribution in [0.1, 0.15) is 73.6 Å².